The van der Waals surface area contributed by atoms with Gasteiger partial charge in [0, 0.05) is 20.1 Å². The summed E-state index contributed by atoms with van der Waals surface area (Å²) in [7, 11) is -2.52. The number of carboxylic acid groups (broad SMARTS) is 1. The normalized spacial score (nSPS) is 13.4. The number of nitrogens with zero attached hydrogens (tertiary/aromatic N) is 1. The summed E-state index contributed by atoms with van der Waals surface area (Å²) in [5, 5.41) is 8.81. The second-order valence-electron chi connectivity index (χ2n) is 3.84. The molecule has 0 bridgehead atoms. The van der Waals surface area contributed by atoms with Crippen LogP contribution in [0.15, 0.2) is 11.2 Å². The minimum Gasteiger partial charge on any atom is -0.480 e. The minimum absolute atomic E-state index is 0.0415. The first-order valence-electron chi connectivity index (χ1n) is 5.68. The molecular weight excluding hydrogens is 274 g/mol. The molecule has 0 aromatic carbocycles. The summed E-state index contributed by atoms with van der Waals surface area (Å²) in [6.45, 7) is 1.96. The molecule has 0 saturated carbocycles. The van der Waals surface area contributed by atoms with Gasteiger partial charge < -0.3 is 14.8 Å². The van der Waals surface area contributed by atoms with Crippen LogP contribution in [0.5, 0.6) is 0 Å². The molecule has 1 rings (SSSR count). The molecule has 0 saturated heterocycles. The highest BCUT2D eigenvalue weighted by Crippen LogP contribution is 2.08. The third kappa shape index (κ3) is 4.30. The maximum Gasteiger partial charge on any atom is 0.321 e. The minimum atomic E-state index is -3.93. The van der Waals surface area contributed by atoms with Gasteiger partial charge in [-0.1, -0.05) is 6.92 Å². The molecule has 0 radical (unpaired) electrons. The average Bonchev–Trinajstić information content (AvgIpc) is 2.83. The van der Waals surface area contributed by atoms with Crippen molar-refractivity contribution in [3.05, 3.63) is 12.0 Å². The van der Waals surface area contributed by atoms with E-state index in [4.69, 9.17) is 9.84 Å². The number of H-pyrrole nitrogens is 1. The van der Waals surface area contributed by atoms with Gasteiger partial charge in [-0.15, -0.1) is 0 Å². The summed E-state index contributed by atoms with van der Waals surface area (Å²) >= 11 is 0. The number of aliphatic carboxylic acids is 1. The number of carbonyl (C=O) groups is 1. The average molecular weight is 291 g/mol. The van der Waals surface area contributed by atoms with Crippen LogP contribution in [0.25, 0.3) is 0 Å². The highest BCUT2D eigenvalue weighted by molar-refractivity contribution is 7.89. The third-order valence-corrected chi connectivity index (χ3v) is 3.82. The molecule has 8 nitrogen and oxygen atoms in total. The van der Waals surface area contributed by atoms with Crippen LogP contribution in [0.1, 0.15) is 19.2 Å². The fourth-order valence-electron chi connectivity index (χ4n) is 1.38. The van der Waals surface area contributed by atoms with E-state index >= 15 is 0 Å². The van der Waals surface area contributed by atoms with E-state index in [1.165, 1.54) is 7.11 Å². The van der Waals surface area contributed by atoms with Crippen molar-refractivity contribution < 1.29 is 23.1 Å². The van der Waals surface area contributed by atoms with E-state index in [9.17, 15) is 13.2 Å². The van der Waals surface area contributed by atoms with E-state index in [0.29, 0.717) is 12.2 Å². The highest BCUT2D eigenvalue weighted by atomic mass is 32.2. The number of hydrogen-bond acceptors (Lipinski definition) is 5. The van der Waals surface area contributed by atoms with Crippen molar-refractivity contribution in [2.75, 3.05) is 13.7 Å². The molecule has 19 heavy (non-hydrogen) atoms. The summed E-state index contributed by atoms with van der Waals surface area (Å²) < 4.78 is 30.8. The van der Waals surface area contributed by atoms with Crippen LogP contribution in [0.4, 0.5) is 0 Å². The van der Waals surface area contributed by atoms with E-state index in [1.54, 1.807) is 0 Å². The Labute approximate surface area is 111 Å². The number of carboxylic acids is 1. The molecule has 0 aliphatic heterocycles. The topological polar surface area (TPSA) is 121 Å². The molecule has 1 aromatic rings. The smallest absolute Gasteiger partial charge is 0.321 e. The molecule has 0 aliphatic rings. The zero-order valence-electron chi connectivity index (χ0n) is 10.7. The molecule has 0 fully saturated rings. The van der Waals surface area contributed by atoms with Gasteiger partial charge in [-0.25, -0.2) is 13.4 Å². The van der Waals surface area contributed by atoms with Crippen molar-refractivity contribution >= 4 is 16.0 Å². The number of ether oxygens (including phenoxy) is 1. The Hall–Kier alpha value is -1.45. The summed E-state index contributed by atoms with van der Waals surface area (Å²) in [6.07, 6.45) is 1.76. The molecule has 1 aromatic heterocycles. The Kier molecular flexibility index (Phi) is 5.45. The lowest BCUT2D eigenvalue weighted by Gasteiger charge is -2.13. The van der Waals surface area contributed by atoms with Crippen LogP contribution in [-0.2, 0) is 26.0 Å². The van der Waals surface area contributed by atoms with Crippen molar-refractivity contribution in [3.63, 3.8) is 0 Å². The molecule has 3 N–H and O–H groups in total. The van der Waals surface area contributed by atoms with Gasteiger partial charge in [0.05, 0.1) is 6.20 Å². The Morgan fingerprint density at radius 2 is 2.32 bits per heavy atom. The van der Waals surface area contributed by atoms with Crippen LogP contribution in [-0.4, -0.2) is 49.2 Å². The molecule has 0 aliphatic carbocycles. The lowest BCUT2D eigenvalue weighted by Crippen LogP contribution is -2.41. The van der Waals surface area contributed by atoms with Gasteiger partial charge in [-0.3, -0.25) is 4.79 Å². The summed E-state index contributed by atoms with van der Waals surface area (Å²) in [6, 6.07) is -1.24. The predicted molar refractivity (Wildman–Crippen MR) is 66.2 cm³/mol. The number of aromatic nitrogens is 2. The molecule has 1 unspecified atom stereocenters. The predicted octanol–water partition coefficient (Wildman–Crippen LogP) is -0.260. The number of rotatable bonds is 8. The van der Waals surface area contributed by atoms with Crippen LogP contribution >= 0.6 is 0 Å². The highest BCUT2D eigenvalue weighted by Gasteiger charge is 2.26. The zero-order chi connectivity index (χ0) is 14.5. The maximum absolute atomic E-state index is 12.0. The van der Waals surface area contributed by atoms with Crippen molar-refractivity contribution in [2.24, 2.45) is 0 Å². The van der Waals surface area contributed by atoms with E-state index in [1.807, 2.05) is 6.92 Å². The van der Waals surface area contributed by atoms with Gasteiger partial charge in [0.1, 0.15) is 11.9 Å². The van der Waals surface area contributed by atoms with Crippen LogP contribution in [0, 0.1) is 0 Å². The van der Waals surface area contributed by atoms with Crippen molar-refractivity contribution in [1.82, 2.24) is 14.7 Å². The van der Waals surface area contributed by atoms with Crippen LogP contribution in [0.2, 0.25) is 0 Å². The summed E-state index contributed by atoms with van der Waals surface area (Å²) in [5.74, 6) is -0.736. The Bertz CT molecular complexity index is 525. The molecule has 9 heteroatoms. The van der Waals surface area contributed by atoms with Gasteiger partial charge in [0.2, 0.25) is 0 Å². The Morgan fingerprint density at radius 1 is 1.63 bits per heavy atom. The summed E-state index contributed by atoms with van der Waals surface area (Å²) in [4.78, 5) is 17.5. The molecule has 1 heterocycles. The number of aromatic amines is 1. The second kappa shape index (κ2) is 6.64. The Balaban J connectivity index is 2.84. The van der Waals surface area contributed by atoms with Gasteiger partial charge in [0.25, 0.3) is 10.0 Å². The van der Waals surface area contributed by atoms with E-state index in [0.717, 1.165) is 6.20 Å². The first-order chi connectivity index (χ1) is 8.90. The van der Waals surface area contributed by atoms with Crippen LogP contribution < -0.4 is 4.72 Å². The number of aryl methyl sites for hydroxylation is 1. The fourth-order valence-corrected chi connectivity index (χ4v) is 2.54. The van der Waals surface area contributed by atoms with Crippen molar-refractivity contribution in [1.29, 1.82) is 0 Å². The summed E-state index contributed by atoms with van der Waals surface area (Å²) in [5.41, 5.74) is 0. The number of sulfonamides is 1. The Morgan fingerprint density at radius 3 is 2.79 bits per heavy atom. The zero-order valence-corrected chi connectivity index (χ0v) is 11.5. The second-order valence-corrected chi connectivity index (χ2v) is 5.52. The van der Waals surface area contributed by atoms with E-state index < -0.39 is 22.0 Å². The van der Waals surface area contributed by atoms with E-state index in [2.05, 4.69) is 14.7 Å². The number of imidazole rings is 1. The molecule has 0 amide bonds. The number of hydrogen-bond donors (Lipinski definition) is 3. The first kappa shape index (κ1) is 15.6. The number of nitrogens with one attached hydrogen (secondary N) is 2. The molecule has 1 atom stereocenters. The van der Waals surface area contributed by atoms with Crippen molar-refractivity contribution in [3.8, 4) is 0 Å². The van der Waals surface area contributed by atoms with Gasteiger partial charge >= 0.3 is 5.97 Å². The largest absolute Gasteiger partial charge is 0.480 e. The van der Waals surface area contributed by atoms with Gasteiger partial charge in [-0.05, 0) is 6.42 Å². The quantitative estimate of drug-likeness (QED) is 0.606. The monoisotopic (exact) mass is 291 g/mol. The molecule has 108 valence electrons. The standard InChI is InChI=1S/C10H17N3O5S/c1-3-8-11-6-9(12-8)19(16,17)13-7(10(14)15)4-5-18-2/h6-7,13H,3-5H2,1-2H3,(H,11,12)(H,14,15). The maximum atomic E-state index is 12.0. The number of methoxy groups -OCH3 is 1. The third-order valence-electron chi connectivity index (χ3n) is 2.44. The lowest BCUT2D eigenvalue weighted by atomic mass is 10.2. The lowest BCUT2D eigenvalue weighted by molar-refractivity contribution is -0.139. The van der Waals surface area contributed by atoms with Gasteiger partial charge in [0.15, 0.2) is 5.03 Å². The van der Waals surface area contributed by atoms with E-state index in [-0.39, 0.29) is 18.1 Å². The SMILES string of the molecule is CCc1ncc(S(=O)(=O)NC(CCOC)C(=O)O)[nH]1. The van der Waals surface area contributed by atoms with Crippen LogP contribution in [0.3, 0.4) is 0 Å². The fraction of sp³-hybridized carbons (Fsp3) is 0.600. The molecule has 0 spiro atoms. The van der Waals surface area contributed by atoms with Crippen molar-refractivity contribution in [2.45, 2.75) is 30.8 Å². The van der Waals surface area contributed by atoms with Gasteiger partial charge in [-0.2, -0.15) is 4.72 Å². The first-order valence-corrected chi connectivity index (χ1v) is 7.17. The molecular formula is C10H17N3O5S.